The van der Waals surface area contributed by atoms with Gasteiger partial charge in [-0.1, -0.05) is 19.9 Å². The Hall–Kier alpha value is -1.55. The fourth-order valence-electron chi connectivity index (χ4n) is 2.97. The van der Waals surface area contributed by atoms with Gasteiger partial charge in [-0.2, -0.15) is 0 Å². The second-order valence-corrected chi connectivity index (χ2v) is 6.03. The maximum absolute atomic E-state index is 12.0. The highest BCUT2D eigenvalue weighted by Crippen LogP contribution is 2.34. The van der Waals surface area contributed by atoms with Crippen molar-refractivity contribution in [3.63, 3.8) is 0 Å². The number of methoxy groups -OCH3 is 2. The van der Waals surface area contributed by atoms with Crippen LogP contribution in [-0.2, 0) is 16.0 Å². The minimum atomic E-state index is -0.253. The normalized spacial score (nSPS) is 18.4. The van der Waals surface area contributed by atoms with Crippen LogP contribution in [0.25, 0.3) is 0 Å². The van der Waals surface area contributed by atoms with E-state index in [9.17, 15) is 4.79 Å². The number of carbonyl (C=O) groups is 1. The first-order valence-electron chi connectivity index (χ1n) is 7.55. The second-order valence-electron chi connectivity index (χ2n) is 6.03. The largest absolute Gasteiger partial charge is 0.497 e. The molecule has 4 nitrogen and oxygen atoms in total. The molecule has 0 saturated heterocycles. The smallest absolute Gasteiger partial charge is 0.322 e. The first kappa shape index (κ1) is 15.8. The molecule has 1 aliphatic carbocycles. The molecule has 0 aliphatic heterocycles. The topological polar surface area (TPSA) is 47.6 Å². The van der Waals surface area contributed by atoms with Crippen molar-refractivity contribution in [2.45, 2.75) is 45.2 Å². The van der Waals surface area contributed by atoms with Gasteiger partial charge >= 0.3 is 5.97 Å². The lowest BCUT2D eigenvalue weighted by atomic mass is 10.0. The maximum Gasteiger partial charge on any atom is 0.322 e. The van der Waals surface area contributed by atoms with Crippen molar-refractivity contribution < 1.29 is 14.3 Å². The third kappa shape index (κ3) is 3.76. The van der Waals surface area contributed by atoms with E-state index in [2.05, 4.69) is 31.3 Å². The van der Waals surface area contributed by atoms with Crippen LogP contribution in [0.2, 0.25) is 0 Å². The standard InChI is InChI=1S/C17H25NO3/c1-11(2)9-16(17(19)21-4)18-15-8-6-12-5-7-13(20-3)10-14(12)15/h5,7,10-11,15-16,18H,6,8-9H2,1-4H3. The van der Waals surface area contributed by atoms with E-state index in [1.54, 1.807) is 7.11 Å². The van der Waals surface area contributed by atoms with E-state index in [1.807, 2.05) is 6.07 Å². The van der Waals surface area contributed by atoms with E-state index in [-0.39, 0.29) is 18.1 Å². The molecule has 21 heavy (non-hydrogen) atoms. The van der Waals surface area contributed by atoms with Crippen LogP contribution in [0.5, 0.6) is 5.75 Å². The molecular weight excluding hydrogens is 266 g/mol. The van der Waals surface area contributed by atoms with E-state index in [0.29, 0.717) is 5.92 Å². The number of rotatable bonds is 6. The third-order valence-electron chi connectivity index (χ3n) is 4.03. The van der Waals surface area contributed by atoms with Crippen LogP contribution >= 0.6 is 0 Å². The van der Waals surface area contributed by atoms with Crippen molar-refractivity contribution >= 4 is 5.97 Å². The predicted molar refractivity (Wildman–Crippen MR) is 82.5 cm³/mol. The number of hydrogen-bond acceptors (Lipinski definition) is 4. The van der Waals surface area contributed by atoms with Gasteiger partial charge in [0.05, 0.1) is 14.2 Å². The van der Waals surface area contributed by atoms with Gasteiger partial charge in [-0.3, -0.25) is 10.1 Å². The number of aryl methyl sites for hydroxylation is 1. The van der Waals surface area contributed by atoms with E-state index in [4.69, 9.17) is 9.47 Å². The molecule has 0 spiro atoms. The highest BCUT2D eigenvalue weighted by atomic mass is 16.5. The molecule has 0 fully saturated rings. The lowest BCUT2D eigenvalue weighted by Gasteiger charge is -2.23. The van der Waals surface area contributed by atoms with Gasteiger partial charge in [0.15, 0.2) is 0 Å². The van der Waals surface area contributed by atoms with E-state index in [0.717, 1.165) is 25.0 Å². The van der Waals surface area contributed by atoms with Crippen molar-refractivity contribution in [1.82, 2.24) is 5.32 Å². The van der Waals surface area contributed by atoms with Crippen LogP contribution < -0.4 is 10.1 Å². The summed E-state index contributed by atoms with van der Waals surface area (Å²) in [4.78, 5) is 12.0. The Labute approximate surface area is 126 Å². The van der Waals surface area contributed by atoms with Crippen LogP contribution in [0.1, 0.15) is 43.9 Å². The molecule has 0 amide bonds. The number of benzene rings is 1. The molecule has 2 atom stereocenters. The van der Waals surface area contributed by atoms with Crippen molar-refractivity contribution in [2.75, 3.05) is 14.2 Å². The van der Waals surface area contributed by atoms with Gasteiger partial charge in [0.25, 0.3) is 0 Å². The Kier molecular flexibility index (Phi) is 5.23. The lowest BCUT2D eigenvalue weighted by molar-refractivity contribution is -0.143. The zero-order valence-corrected chi connectivity index (χ0v) is 13.3. The SMILES string of the molecule is COC(=O)C(CC(C)C)NC1CCc2ccc(OC)cc21. The highest BCUT2D eigenvalue weighted by molar-refractivity contribution is 5.75. The molecule has 4 heteroatoms. The molecule has 1 N–H and O–H groups in total. The Bertz CT molecular complexity index is 499. The van der Waals surface area contributed by atoms with Crippen LogP contribution in [0.15, 0.2) is 18.2 Å². The molecule has 1 aliphatic rings. The quantitative estimate of drug-likeness (QED) is 0.819. The molecule has 0 radical (unpaired) electrons. The summed E-state index contributed by atoms with van der Waals surface area (Å²) in [6.07, 6.45) is 2.82. The Morgan fingerprint density at radius 1 is 1.38 bits per heavy atom. The van der Waals surface area contributed by atoms with Crippen LogP contribution in [-0.4, -0.2) is 26.2 Å². The van der Waals surface area contributed by atoms with Gasteiger partial charge in [-0.05, 0) is 48.4 Å². The van der Waals surface area contributed by atoms with Crippen molar-refractivity contribution in [3.05, 3.63) is 29.3 Å². The van der Waals surface area contributed by atoms with Gasteiger partial charge in [0.1, 0.15) is 11.8 Å². The van der Waals surface area contributed by atoms with Crippen LogP contribution in [0.4, 0.5) is 0 Å². The number of nitrogens with one attached hydrogen (secondary N) is 1. The van der Waals surface area contributed by atoms with Gasteiger partial charge in [0.2, 0.25) is 0 Å². The van der Waals surface area contributed by atoms with Gasteiger partial charge in [-0.25, -0.2) is 0 Å². The first-order chi connectivity index (χ1) is 10.0. The molecule has 1 aromatic rings. The summed E-state index contributed by atoms with van der Waals surface area (Å²) in [7, 11) is 3.12. The summed E-state index contributed by atoms with van der Waals surface area (Å²) >= 11 is 0. The molecule has 0 heterocycles. The summed E-state index contributed by atoms with van der Waals surface area (Å²) < 4.78 is 10.2. The average molecular weight is 291 g/mol. The molecule has 0 aromatic heterocycles. The van der Waals surface area contributed by atoms with Gasteiger partial charge in [-0.15, -0.1) is 0 Å². The molecule has 2 unspecified atom stereocenters. The summed E-state index contributed by atoms with van der Waals surface area (Å²) in [6.45, 7) is 4.23. The van der Waals surface area contributed by atoms with Crippen molar-refractivity contribution in [3.8, 4) is 5.75 Å². The number of ether oxygens (including phenoxy) is 2. The van der Waals surface area contributed by atoms with Crippen LogP contribution in [0.3, 0.4) is 0 Å². The van der Waals surface area contributed by atoms with Crippen molar-refractivity contribution in [2.24, 2.45) is 5.92 Å². The number of esters is 1. The van der Waals surface area contributed by atoms with Crippen molar-refractivity contribution in [1.29, 1.82) is 0 Å². The number of carbonyl (C=O) groups excluding carboxylic acids is 1. The minimum Gasteiger partial charge on any atom is -0.497 e. The molecule has 0 bridgehead atoms. The molecular formula is C17H25NO3. The monoisotopic (exact) mass is 291 g/mol. The fraction of sp³-hybridized carbons (Fsp3) is 0.588. The molecule has 0 saturated carbocycles. The van der Waals surface area contributed by atoms with E-state index in [1.165, 1.54) is 18.2 Å². The third-order valence-corrected chi connectivity index (χ3v) is 4.03. The van der Waals surface area contributed by atoms with E-state index < -0.39 is 0 Å². The second kappa shape index (κ2) is 6.94. The maximum atomic E-state index is 12.0. The fourth-order valence-corrected chi connectivity index (χ4v) is 2.97. The molecule has 116 valence electrons. The summed E-state index contributed by atoms with van der Waals surface area (Å²) in [5.41, 5.74) is 2.58. The van der Waals surface area contributed by atoms with Gasteiger partial charge in [0, 0.05) is 6.04 Å². The Balaban J connectivity index is 2.14. The number of hydrogen-bond donors (Lipinski definition) is 1. The zero-order valence-electron chi connectivity index (χ0n) is 13.3. The van der Waals surface area contributed by atoms with E-state index >= 15 is 0 Å². The summed E-state index contributed by atoms with van der Waals surface area (Å²) in [6, 6.07) is 6.12. The van der Waals surface area contributed by atoms with Gasteiger partial charge < -0.3 is 9.47 Å². The minimum absolute atomic E-state index is 0.181. The lowest BCUT2D eigenvalue weighted by Crippen LogP contribution is -2.40. The molecule has 1 aromatic carbocycles. The highest BCUT2D eigenvalue weighted by Gasteiger charge is 2.29. The summed E-state index contributed by atoms with van der Waals surface area (Å²) in [5.74, 6) is 1.12. The zero-order chi connectivity index (χ0) is 15.4. The summed E-state index contributed by atoms with van der Waals surface area (Å²) in [5, 5.41) is 3.48. The number of fused-ring (bicyclic) bond motifs is 1. The Morgan fingerprint density at radius 2 is 2.14 bits per heavy atom. The first-order valence-corrected chi connectivity index (χ1v) is 7.55. The Morgan fingerprint density at radius 3 is 2.76 bits per heavy atom. The average Bonchev–Trinajstić information content (AvgIpc) is 2.87. The van der Waals surface area contributed by atoms with Crippen LogP contribution in [0, 0.1) is 5.92 Å². The molecule has 2 rings (SSSR count). The predicted octanol–water partition coefficient (Wildman–Crippen LogP) is 2.86.